The Hall–Kier alpha value is -1.06. The van der Waals surface area contributed by atoms with Gasteiger partial charge in [0, 0.05) is 30.9 Å². The number of rotatable bonds is 7. The van der Waals surface area contributed by atoms with Gasteiger partial charge in [0.25, 0.3) is 0 Å². The Balaban J connectivity index is 2.86. The van der Waals surface area contributed by atoms with Crippen molar-refractivity contribution < 1.29 is 5.11 Å². The zero-order valence-electron chi connectivity index (χ0n) is 12.9. The number of nitrogens with one attached hydrogen (secondary N) is 1. The quantitative estimate of drug-likeness (QED) is 0.795. The van der Waals surface area contributed by atoms with Gasteiger partial charge in [-0.1, -0.05) is 26.0 Å². The van der Waals surface area contributed by atoms with E-state index in [0.717, 1.165) is 6.54 Å². The fourth-order valence-corrected chi connectivity index (χ4v) is 2.24. The molecule has 0 bridgehead atoms. The maximum Gasteiger partial charge on any atom is 0.0606 e. The Kier molecular flexibility index (Phi) is 6.32. The van der Waals surface area contributed by atoms with Crippen molar-refractivity contribution in [1.82, 2.24) is 5.32 Å². The van der Waals surface area contributed by atoms with Crippen LogP contribution in [0.15, 0.2) is 18.2 Å². The Morgan fingerprint density at radius 2 is 1.89 bits per heavy atom. The van der Waals surface area contributed by atoms with Gasteiger partial charge >= 0.3 is 0 Å². The maximum atomic E-state index is 9.19. The maximum absolute atomic E-state index is 9.19. The summed E-state index contributed by atoms with van der Waals surface area (Å²) in [5.74, 6) is 0. The molecule has 2 N–H and O–H groups in total. The van der Waals surface area contributed by atoms with Gasteiger partial charge in [-0.25, -0.2) is 0 Å². The van der Waals surface area contributed by atoms with E-state index in [-0.39, 0.29) is 6.61 Å². The van der Waals surface area contributed by atoms with E-state index in [1.165, 1.54) is 16.8 Å². The summed E-state index contributed by atoms with van der Waals surface area (Å²) in [6.45, 7) is 12.5. The number of hydrogen-bond donors (Lipinski definition) is 2. The Bertz CT molecular complexity index is 388. The molecule has 108 valence electrons. The summed E-state index contributed by atoms with van der Waals surface area (Å²) in [5.41, 5.74) is 3.80. The van der Waals surface area contributed by atoms with Crippen molar-refractivity contribution in [3.05, 3.63) is 29.3 Å². The molecule has 0 aromatic heterocycles. The van der Waals surface area contributed by atoms with Gasteiger partial charge in [0.15, 0.2) is 0 Å². The lowest BCUT2D eigenvalue weighted by atomic mass is 10.1. The normalized spacial score (nSPS) is 11.4. The van der Waals surface area contributed by atoms with Crippen LogP contribution in [0.2, 0.25) is 0 Å². The third-order valence-corrected chi connectivity index (χ3v) is 3.25. The van der Waals surface area contributed by atoms with Gasteiger partial charge in [-0.15, -0.1) is 0 Å². The summed E-state index contributed by atoms with van der Waals surface area (Å²) in [4.78, 5) is 2.25. The molecule has 0 saturated carbocycles. The topological polar surface area (TPSA) is 35.5 Å². The summed E-state index contributed by atoms with van der Waals surface area (Å²) in [7, 11) is 0. The van der Waals surface area contributed by atoms with Gasteiger partial charge in [-0.05, 0) is 38.0 Å². The van der Waals surface area contributed by atoms with Crippen molar-refractivity contribution in [2.24, 2.45) is 0 Å². The summed E-state index contributed by atoms with van der Waals surface area (Å²) in [6.07, 6.45) is 0. The zero-order valence-corrected chi connectivity index (χ0v) is 12.9. The molecule has 0 radical (unpaired) electrons. The highest BCUT2D eigenvalue weighted by Gasteiger charge is 2.12. The molecule has 1 aromatic carbocycles. The number of benzene rings is 1. The van der Waals surface area contributed by atoms with Crippen molar-refractivity contribution >= 4 is 5.69 Å². The summed E-state index contributed by atoms with van der Waals surface area (Å²) < 4.78 is 0. The van der Waals surface area contributed by atoms with Gasteiger partial charge in [0.05, 0.1) is 6.61 Å². The van der Waals surface area contributed by atoms with E-state index in [1.54, 1.807) is 0 Å². The smallest absolute Gasteiger partial charge is 0.0606 e. The van der Waals surface area contributed by atoms with E-state index in [4.69, 9.17) is 0 Å². The molecule has 0 aliphatic heterocycles. The molecule has 0 saturated heterocycles. The first kappa shape index (κ1) is 16.0. The minimum atomic E-state index is 0.189. The summed E-state index contributed by atoms with van der Waals surface area (Å²) >= 11 is 0. The first-order valence-corrected chi connectivity index (χ1v) is 7.16. The molecule has 1 aromatic rings. The lowest BCUT2D eigenvalue weighted by Gasteiger charge is -2.30. The lowest BCUT2D eigenvalue weighted by molar-refractivity contribution is 0.299. The van der Waals surface area contributed by atoms with Crippen molar-refractivity contribution in [3.8, 4) is 0 Å². The Labute approximate surface area is 117 Å². The van der Waals surface area contributed by atoms with Gasteiger partial charge in [-0.2, -0.15) is 0 Å². The predicted molar refractivity (Wildman–Crippen MR) is 82.7 cm³/mol. The first-order chi connectivity index (χ1) is 8.95. The number of aliphatic hydroxyl groups is 1. The Morgan fingerprint density at radius 1 is 1.21 bits per heavy atom. The second-order valence-electron chi connectivity index (χ2n) is 5.67. The summed E-state index contributed by atoms with van der Waals surface area (Å²) in [6, 6.07) is 7.47. The number of aryl methyl sites for hydroxylation is 1. The highest BCUT2D eigenvalue weighted by Crippen LogP contribution is 2.23. The van der Waals surface area contributed by atoms with Crippen LogP contribution >= 0.6 is 0 Å². The molecule has 0 fully saturated rings. The van der Waals surface area contributed by atoms with Crippen LogP contribution in [0.25, 0.3) is 0 Å². The van der Waals surface area contributed by atoms with Gasteiger partial charge < -0.3 is 15.3 Å². The van der Waals surface area contributed by atoms with Crippen molar-refractivity contribution in [1.29, 1.82) is 0 Å². The lowest BCUT2D eigenvalue weighted by Crippen LogP contribution is -2.34. The Morgan fingerprint density at radius 3 is 2.37 bits per heavy atom. The summed E-state index contributed by atoms with van der Waals surface area (Å²) in [5, 5.41) is 12.6. The average Bonchev–Trinajstić information content (AvgIpc) is 2.34. The third-order valence-electron chi connectivity index (χ3n) is 3.25. The number of hydrogen-bond acceptors (Lipinski definition) is 3. The SMILES string of the molecule is Cc1cc(CNC(C)C)ccc1N(CCO)C(C)C. The highest BCUT2D eigenvalue weighted by atomic mass is 16.3. The molecule has 0 aliphatic rings. The molecule has 0 amide bonds. The van der Waals surface area contributed by atoms with E-state index < -0.39 is 0 Å². The second kappa shape index (κ2) is 7.51. The number of nitrogens with zero attached hydrogens (tertiary/aromatic N) is 1. The molecular weight excluding hydrogens is 236 g/mol. The fraction of sp³-hybridized carbons (Fsp3) is 0.625. The van der Waals surface area contributed by atoms with Crippen molar-refractivity contribution in [2.75, 3.05) is 18.1 Å². The molecule has 3 heteroatoms. The number of anilines is 1. The van der Waals surface area contributed by atoms with E-state index in [1.807, 2.05) is 0 Å². The van der Waals surface area contributed by atoms with Crippen LogP contribution in [0.5, 0.6) is 0 Å². The van der Waals surface area contributed by atoms with E-state index >= 15 is 0 Å². The minimum absolute atomic E-state index is 0.189. The van der Waals surface area contributed by atoms with Crippen LogP contribution in [0.4, 0.5) is 5.69 Å². The molecule has 3 nitrogen and oxygen atoms in total. The van der Waals surface area contributed by atoms with E-state index in [2.05, 4.69) is 63.0 Å². The largest absolute Gasteiger partial charge is 0.395 e. The molecule has 0 aliphatic carbocycles. The van der Waals surface area contributed by atoms with E-state index in [9.17, 15) is 5.11 Å². The average molecular weight is 264 g/mol. The fourth-order valence-electron chi connectivity index (χ4n) is 2.24. The van der Waals surface area contributed by atoms with Crippen LogP contribution in [0.1, 0.15) is 38.8 Å². The van der Waals surface area contributed by atoms with Crippen LogP contribution in [-0.4, -0.2) is 30.3 Å². The van der Waals surface area contributed by atoms with Crippen LogP contribution in [-0.2, 0) is 6.54 Å². The highest BCUT2D eigenvalue weighted by molar-refractivity contribution is 5.55. The van der Waals surface area contributed by atoms with Gasteiger partial charge in [0.1, 0.15) is 0 Å². The molecule has 1 rings (SSSR count). The van der Waals surface area contributed by atoms with Crippen LogP contribution < -0.4 is 10.2 Å². The molecular formula is C16H28N2O. The van der Waals surface area contributed by atoms with E-state index in [0.29, 0.717) is 18.6 Å². The van der Waals surface area contributed by atoms with Crippen molar-refractivity contribution in [2.45, 2.75) is 53.2 Å². The molecule has 0 heterocycles. The molecule has 0 atom stereocenters. The first-order valence-electron chi connectivity index (χ1n) is 7.16. The molecule has 19 heavy (non-hydrogen) atoms. The van der Waals surface area contributed by atoms with Gasteiger partial charge in [0.2, 0.25) is 0 Å². The monoisotopic (exact) mass is 264 g/mol. The van der Waals surface area contributed by atoms with Crippen molar-refractivity contribution in [3.63, 3.8) is 0 Å². The molecule has 0 unspecified atom stereocenters. The van der Waals surface area contributed by atoms with Gasteiger partial charge in [-0.3, -0.25) is 0 Å². The third kappa shape index (κ3) is 4.84. The number of aliphatic hydroxyl groups excluding tert-OH is 1. The predicted octanol–water partition coefficient (Wildman–Crippen LogP) is 2.70. The minimum Gasteiger partial charge on any atom is -0.395 e. The standard InChI is InChI=1S/C16H28N2O/c1-12(2)17-11-15-6-7-16(14(5)10-15)18(8-9-19)13(3)4/h6-7,10,12-13,17,19H,8-9,11H2,1-5H3. The zero-order chi connectivity index (χ0) is 14.4. The second-order valence-corrected chi connectivity index (χ2v) is 5.67. The van der Waals surface area contributed by atoms with Crippen LogP contribution in [0.3, 0.4) is 0 Å². The molecule has 0 spiro atoms. The van der Waals surface area contributed by atoms with Crippen LogP contribution in [0, 0.1) is 6.92 Å².